The summed E-state index contributed by atoms with van der Waals surface area (Å²) in [6.45, 7) is 1.52. The fraction of sp³-hybridized carbons (Fsp3) is 0.375. The molecule has 0 aliphatic heterocycles. The summed E-state index contributed by atoms with van der Waals surface area (Å²) in [5.41, 5.74) is 2.57. The van der Waals surface area contributed by atoms with Crippen LogP contribution in [-0.4, -0.2) is 21.9 Å². The van der Waals surface area contributed by atoms with E-state index in [2.05, 4.69) is 33.8 Å². The molecule has 1 N–H and O–H groups in total. The molecule has 114 valence electrons. The Morgan fingerprint density at radius 2 is 2.27 bits per heavy atom. The van der Waals surface area contributed by atoms with Gasteiger partial charge in [0, 0.05) is 11.4 Å². The van der Waals surface area contributed by atoms with Crippen molar-refractivity contribution >= 4 is 32.9 Å². The van der Waals surface area contributed by atoms with Gasteiger partial charge in [0.05, 0.1) is 11.9 Å². The second kappa shape index (κ2) is 5.61. The van der Waals surface area contributed by atoms with E-state index in [-0.39, 0.29) is 5.56 Å². The molecule has 1 aliphatic carbocycles. The van der Waals surface area contributed by atoms with E-state index < -0.39 is 0 Å². The number of fused-ring (bicyclic) bond motifs is 3. The molecule has 0 saturated carbocycles. The van der Waals surface area contributed by atoms with E-state index in [1.807, 2.05) is 0 Å². The summed E-state index contributed by atoms with van der Waals surface area (Å²) in [5, 5.41) is 5.07. The van der Waals surface area contributed by atoms with Crippen LogP contribution < -0.4 is 5.56 Å². The highest BCUT2D eigenvalue weighted by molar-refractivity contribution is 7.18. The van der Waals surface area contributed by atoms with Crippen molar-refractivity contribution in [3.8, 4) is 0 Å². The van der Waals surface area contributed by atoms with Crippen LogP contribution in [0, 0.1) is 0 Å². The molecule has 0 saturated heterocycles. The first-order chi connectivity index (χ1) is 10.7. The number of aromatic nitrogens is 2. The lowest BCUT2D eigenvalue weighted by molar-refractivity contribution is 0.311. The maximum absolute atomic E-state index is 12.4. The van der Waals surface area contributed by atoms with Crippen LogP contribution >= 0.6 is 22.7 Å². The quantitative estimate of drug-likeness (QED) is 0.799. The number of nitrogens with one attached hydrogen (secondary N) is 1. The summed E-state index contributed by atoms with van der Waals surface area (Å²) in [6, 6.07) is 2.13. The molecule has 0 bridgehead atoms. The monoisotopic (exact) mass is 331 g/mol. The molecule has 3 aromatic rings. The standard InChI is InChI=1S/C16H17N3OS2/c1-19(7-10-5-6-21-9-10)8-13-17-15(20)14-11-3-2-4-12(11)22-16(14)18-13/h5-6,9H,2-4,7-8H2,1H3,(H,17,18,20). The summed E-state index contributed by atoms with van der Waals surface area (Å²) < 4.78 is 0. The second-order valence-electron chi connectivity index (χ2n) is 5.85. The molecule has 22 heavy (non-hydrogen) atoms. The smallest absolute Gasteiger partial charge is 0.259 e. The van der Waals surface area contributed by atoms with Gasteiger partial charge in [-0.25, -0.2) is 4.98 Å². The minimum atomic E-state index is 0.0309. The molecular weight excluding hydrogens is 314 g/mol. The van der Waals surface area contributed by atoms with Crippen molar-refractivity contribution in [2.75, 3.05) is 7.05 Å². The van der Waals surface area contributed by atoms with Crippen LogP contribution in [-0.2, 0) is 25.9 Å². The Kier molecular flexibility index (Phi) is 3.60. The summed E-state index contributed by atoms with van der Waals surface area (Å²) >= 11 is 3.41. The van der Waals surface area contributed by atoms with Gasteiger partial charge in [-0.2, -0.15) is 11.3 Å². The van der Waals surface area contributed by atoms with Gasteiger partial charge in [-0.3, -0.25) is 9.69 Å². The van der Waals surface area contributed by atoms with Gasteiger partial charge in [-0.1, -0.05) is 0 Å². The number of H-pyrrole nitrogens is 1. The predicted octanol–water partition coefficient (Wildman–Crippen LogP) is 3.17. The van der Waals surface area contributed by atoms with Gasteiger partial charge >= 0.3 is 0 Å². The normalized spacial score (nSPS) is 14.1. The van der Waals surface area contributed by atoms with Crippen molar-refractivity contribution in [3.63, 3.8) is 0 Å². The molecule has 4 rings (SSSR count). The van der Waals surface area contributed by atoms with Crippen molar-refractivity contribution in [1.29, 1.82) is 0 Å². The van der Waals surface area contributed by atoms with Crippen LogP contribution in [0.4, 0.5) is 0 Å². The highest BCUT2D eigenvalue weighted by atomic mass is 32.1. The number of rotatable bonds is 4. The highest BCUT2D eigenvalue weighted by Gasteiger charge is 2.21. The summed E-state index contributed by atoms with van der Waals surface area (Å²) in [6.07, 6.45) is 3.29. The average molecular weight is 331 g/mol. The Morgan fingerprint density at radius 1 is 1.36 bits per heavy atom. The molecular formula is C16H17N3OS2. The number of aromatic amines is 1. The topological polar surface area (TPSA) is 49.0 Å². The van der Waals surface area contributed by atoms with E-state index >= 15 is 0 Å². The molecule has 0 amide bonds. The van der Waals surface area contributed by atoms with Crippen molar-refractivity contribution in [2.24, 2.45) is 0 Å². The number of nitrogens with zero attached hydrogens (tertiary/aromatic N) is 2. The van der Waals surface area contributed by atoms with E-state index in [9.17, 15) is 4.79 Å². The van der Waals surface area contributed by atoms with E-state index in [4.69, 9.17) is 4.98 Å². The lowest BCUT2D eigenvalue weighted by Crippen LogP contribution is -2.21. The van der Waals surface area contributed by atoms with E-state index in [1.165, 1.54) is 22.4 Å². The number of hydrogen-bond acceptors (Lipinski definition) is 5. The lowest BCUT2D eigenvalue weighted by atomic mass is 10.2. The van der Waals surface area contributed by atoms with E-state index in [1.54, 1.807) is 22.7 Å². The van der Waals surface area contributed by atoms with Crippen LogP contribution in [0.3, 0.4) is 0 Å². The largest absolute Gasteiger partial charge is 0.309 e. The molecule has 6 heteroatoms. The highest BCUT2D eigenvalue weighted by Crippen LogP contribution is 2.34. The SMILES string of the molecule is CN(Cc1ccsc1)Cc1nc2sc3c(c2c(=O)[nH]1)CCC3. The first-order valence-corrected chi connectivity index (χ1v) is 9.19. The van der Waals surface area contributed by atoms with E-state index in [0.717, 1.165) is 35.4 Å². The van der Waals surface area contributed by atoms with Gasteiger partial charge in [-0.15, -0.1) is 11.3 Å². The van der Waals surface area contributed by atoms with Crippen molar-refractivity contribution in [3.05, 3.63) is 49.0 Å². The fourth-order valence-corrected chi connectivity index (χ4v) is 5.07. The molecule has 4 nitrogen and oxygen atoms in total. The Morgan fingerprint density at radius 3 is 3.09 bits per heavy atom. The fourth-order valence-electron chi connectivity index (χ4n) is 3.13. The van der Waals surface area contributed by atoms with Gasteiger partial charge in [0.15, 0.2) is 0 Å². The van der Waals surface area contributed by atoms with Crippen molar-refractivity contribution < 1.29 is 0 Å². The molecule has 3 aromatic heterocycles. The molecule has 0 unspecified atom stereocenters. The lowest BCUT2D eigenvalue weighted by Gasteiger charge is -2.14. The van der Waals surface area contributed by atoms with Crippen LogP contribution in [0.25, 0.3) is 10.2 Å². The van der Waals surface area contributed by atoms with Gasteiger partial charge in [-0.05, 0) is 54.3 Å². The third-order valence-corrected chi connectivity index (χ3v) is 5.99. The molecule has 1 aliphatic rings. The Labute approximate surface area is 136 Å². The van der Waals surface area contributed by atoms with Crippen LogP contribution in [0.1, 0.15) is 28.2 Å². The van der Waals surface area contributed by atoms with Gasteiger partial charge in [0.25, 0.3) is 5.56 Å². The van der Waals surface area contributed by atoms with Crippen LogP contribution in [0.15, 0.2) is 21.6 Å². The van der Waals surface area contributed by atoms with Crippen LogP contribution in [0.5, 0.6) is 0 Å². The van der Waals surface area contributed by atoms with Crippen molar-refractivity contribution in [1.82, 2.24) is 14.9 Å². The van der Waals surface area contributed by atoms with Crippen LogP contribution in [0.2, 0.25) is 0 Å². The molecule has 0 fully saturated rings. The molecule has 0 radical (unpaired) electrons. The zero-order valence-electron chi connectivity index (χ0n) is 12.4. The minimum absolute atomic E-state index is 0.0309. The summed E-state index contributed by atoms with van der Waals surface area (Å²) in [7, 11) is 2.05. The molecule has 3 heterocycles. The first-order valence-electron chi connectivity index (χ1n) is 7.44. The Balaban J connectivity index is 1.61. The van der Waals surface area contributed by atoms with Gasteiger partial charge < -0.3 is 4.98 Å². The Hall–Kier alpha value is -1.50. The minimum Gasteiger partial charge on any atom is -0.309 e. The molecule has 0 spiro atoms. The summed E-state index contributed by atoms with van der Waals surface area (Å²) in [5.74, 6) is 0.759. The third-order valence-electron chi connectivity index (χ3n) is 4.08. The van der Waals surface area contributed by atoms with Gasteiger partial charge in [0.1, 0.15) is 10.7 Å². The molecule has 0 atom stereocenters. The molecule has 0 aromatic carbocycles. The number of aryl methyl sites for hydroxylation is 2. The number of hydrogen-bond donors (Lipinski definition) is 1. The number of thiophene rings is 2. The zero-order valence-corrected chi connectivity index (χ0v) is 14.0. The third kappa shape index (κ3) is 2.51. The average Bonchev–Trinajstić information content (AvgIpc) is 3.14. The summed E-state index contributed by atoms with van der Waals surface area (Å²) in [4.78, 5) is 24.5. The zero-order chi connectivity index (χ0) is 15.1. The predicted molar refractivity (Wildman–Crippen MR) is 91.8 cm³/mol. The van der Waals surface area contributed by atoms with Crippen molar-refractivity contribution in [2.45, 2.75) is 32.4 Å². The van der Waals surface area contributed by atoms with Gasteiger partial charge in [0.2, 0.25) is 0 Å². The van der Waals surface area contributed by atoms with E-state index in [0.29, 0.717) is 6.54 Å². The second-order valence-corrected chi connectivity index (χ2v) is 7.72. The maximum atomic E-state index is 12.4. The Bertz CT molecular complexity index is 864. The first kappa shape index (κ1) is 14.1. The maximum Gasteiger partial charge on any atom is 0.259 e.